The van der Waals surface area contributed by atoms with E-state index in [0.29, 0.717) is 10.7 Å². The zero-order chi connectivity index (χ0) is 21.6. The predicted molar refractivity (Wildman–Crippen MR) is 121 cm³/mol. The number of rotatable bonds is 9. The van der Waals surface area contributed by atoms with Crippen molar-refractivity contribution in [3.63, 3.8) is 0 Å². The molecule has 0 aliphatic rings. The second-order valence-electron chi connectivity index (χ2n) is 6.28. The van der Waals surface area contributed by atoms with Gasteiger partial charge in [0.1, 0.15) is 0 Å². The maximum Gasteiger partial charge on any atom is 0.257 e. The standard InChI is InChI=1S/C22H21N3O3S2/c1-3-14-25(15-4-2)30(27,28)19-12-10-18(11-13-19)21(26)24-22-23-20(16-29-22)17-8-6-5-7-9-17/h3-13,16H,1-2,14-15H2,(H,23,24,26). The molecular weight excluding hydrogens is 418 g/mol. The molecule has 154 valence electrons. The number of nitrogens with one attached hydrogen (secondary N) is 1. The summed E-state index contributed by atoms with van der Waals surface area (Å²) in [6.07, 6.45) is 3.03. The van der Waals surface area contributed by atoms with Gasteiger partial charge in [0, 0.05) is 29.6 Å². The molecule has 0 saturated carbocycles. The second-order valence-corrected chi connectivity index (χ2v) is 9.08. The summed E-state index contributed by atoms with van der Waals surface area (Å²) in [5.41, 5.74) is 2.08. The van der Waals surface area contributed by atoms with Gasteiger partial charge in [-0.2, -0.15) is 4.31 Å². The lowest BCUT2D eigenvalue weighted by Crippen LogP contribution is -2.31. The summed E-state index contributed by atoms with van der Waals surface area (Å²) in [5.74, 6) is -0.359. The highest BCUT2D eigenvalue weighted by atomic mass is 32.2. The number of nitrogens with zero attached hydrogens (tertiary/aromatic N) is 2. The summed E-state index contributed by atoms with van der Waals surface area (Å²) in [4.78, 5) is 17.1. The number of hydrogen-bond acceptors (Lipinski definition) is 5. The lowest BCUT2D eigenvalue weighted by atomic mass is 10.2. The van der Waals surface area contributed by atoms with Crippen molar-refractivity contribution in [1.29, 1.82) is 0 Å². The number of thiazole rings is 1. The molecule has 30 heavy (non-hydrogen) atoms. The first-order valence-corrected chi connectivity index (χ1v) is 11.4. The van der Waals surface area contributed by atoms with Crippen LogP contribution >= 0.6 is 11.3 Å². The number of carbonyl (C=O) groups is 1. The SMILES string of the molecule is C=CCN(CC=C)S(=O)(=O)c1ccc(C(=O)Nc2nc(-c3ccccc3)cs2)cc1. The Morgan fingerprint density at radius 3 is 2.27 bits per heavy atom. The average Bonchev–Trinajstić information content (AvgIpc) is 3.23. The first kappa shape index (κ1) is 21.6. The Balaban J connectivity index is 1.73. The minimum absolute atomic E-state index is 0.100. The van der Waals surface area contributed by atoms with Crippen molar-refractivity contribution < 1.29 is 13.2 Å². The average molecular weight is 440 g/mol. The summed E-state index contributed by atoms with van der Waals surface area (Å²) in [6, 6.07) is 15.5. The fraction of sp³-hybridized carbons (Fsp3) is 0.0909. The maximum atomic E-state index is 12.7. The first-order valence-electron chi connectivity index (χ1n) is 9.10. The molecule has 1 N–H and O–H groups in total. The molecule has 8 heteroatoms. The lowest BCUT2D eigenvalue weighted by molar-refractivity contribution is 0.102. The Labute approximate surface area is 180 Å². The monoisotopic (exact) mass is 439 g/mol. The molecule has 1 heterocycles. The van der Waals surface area contributed by atoms with E-state index >= 15 is 0 Å². The molecule has 0 aliphatic heterocycles. The van der Waals surface area contributed by atoms with Gasteiger partial charge in [0.2, 0.25) is 10.0 Å². The van der Waals surface area contributed by atoms with E-state index in [1.807, 2.05) is 35.7 Å². The van der Waals surface area contributed by atoms with Crippen LogP contribution in [0.15, 0.2) is 90.2 Å². The number of benzene rings is 2. The van der Waals surface area contributed by atoms with E-state index in [2.05, 4.69) is 23.5 Å². The Hall–Kier alpha value is -3.07. The summed E-state index contributed by atoms with van der Waals surface area (Å²) in [6.45, 7) is 7.52. The van der Waals surface area contributed by atoms with Gasteiger partial charge in [0.25, 0.3) is 5.91 Å². The van der Waals surface area contributed by atoms with Gasteiger partial charge in [-0.05, 0) is 24.3 Å². The van der Waals surface area contributed by atoms with Gasteiger partial charge in [-0.15, -0.1) is 24.5 Å². The molecule has 1 amide bonds. The van der Waals surface area contributed by atoms with Crippen molar-refractivity contribution in [1.82, 2.24) is 9.29 Å². The van der Waals surface area contributed by atoms with Crippen LogP contribution in [0.2, 0.25) is 0 Å². The number of amides is 1. The van der Waals surface area contributed by atoms with E-state index in [0.717, 1.165) is 11.3 Å². The van der Waals surface area contributed by atoms with Gasteiger partial charge in [0.15, 0.2) is 5.13 Å². The molecule has 0 spiro atoms. The predicted octanol–water partition coefficient (Wildman–Crippen LogP) is 4.43. The molecule has 2 aromatic carbocycles. The van der Waals surface area contributed by atoms with Crippen LogP contribution in [0.1, 0.15) is 10.4 Å². The fourth-order valence-corrected chi connectivity index (χ4v) is 4.82. The summed E-state index contributed by atoms with van der Waals surface area (Å²) in [7, 11) is -3.71. The first-order chi connectivity index (χ1) is 14.5. The summed E-state index contributed by atoms with van der Waals surface area (Å²) < 4.78 is 26.7. The van der Waals surface area contributed by atoms with Crippen LogP contribution < -0.4 is 5.32 Å². The van der Waals surface area contributed by atoms with Crippen LogP contribution in [-0.4, -0.2) is 36.7 Å². The second kappa shape index (κ2) is 9.62. The van der Waals surface area contributed by atoms with Crippen molar-refractivity contribution >= 4 is 32.4 Å². The molecule has 3 aromatic rings. The van der Waals surface area contributed by atoms with E-state index in [-0.39, 0.29) is 23.9 Å². The lowest BCUT2D eigenvalue weighted by Gasteiger charge is -2.19. The molecular formula is C22H21N3O3S2. The fourth-order valence-electron chi connectivity index (χ4n) is 2.73. The zero-order valence-corrected chi connectivity index (χ0v) is 17.8. The summed E-state index contributed by atoms with van der Waals surface area (Å²) >= 11 is 1.33. The largest absolute Gasteiger partial charge is 0.298 e. The third kappa shape index (κ3) is 4.91. The molecule has 3 rings (SSSR count). The molecule has 0 fully saturated rings. The highest BCUT2D eigenvalue weighted by Gasteiger charge is 2.22. The quantitative estimate of drug-likeness (QED) is 0.501. The van der Waals surface area contributed by atoms with Crippen LogP contribution in [0.3, 0.4) is 0 Å². The Bertz CT molecular complexity index is 1130. The highest BCUT2D eigenvalue weighted by molar-refractivity contribution is 7.89. The van der Waals surface area contributed by atoms with Gasteiger partial charge < -0.3 is 0 Å². The van der Waals surface area contributed by atoms with Crippen molar-refractivity contribution in [2.24, 2.45) is 0 Å². The molecule has 0 bridgehead atoms. The topological polar surface area (TPSA) is 79.4 Å². The van der Waals surface area contributed by atoms with Crippen LogP contribution in [0.25, 0.3) is 11.3 Å². The van der Waals surface area contributed by atoms with E-state index in [1.54, 1.807) is 0 Å². The number of carbonyl (C=O) groups excluding carboxylic acids is 1. The number of sulfonamides is 1. The molecule has 1 aromatic heterocycles. The van der Waals surface area contributed by atoms with Gasteiger partial charge in [-0.25, -0.2) is 13.4 Å². The van der Waals surface area contributed by atoms with E-state index in [4.69, 9.17) is 0 Å². The molecule has 0 atom stereocenters. The van der Waals surface area contributed by atoms with Crippen LogP contribution in [0.4, 0.5) is 5.13 Å². The maximum absolute atomic E-state index is 12.7. The minimum Gasteiger partial charge on any atom is -0.298 e. The van der Waals surface area contributed by atoms with Crippen LogP contribution in [-0.2, 0) is 10.0 Å². The zero-order valence-electron chi connectivity index (χ0n) is 16.2. The van der Waals surface area contributed by atoms with Gasteiger partial charge in [0.05, 0.1) is 10.6 Å². The summed E-state index contributed by atoms with van der Waals surface area (Å²) in [5, 5.41) is 5.09. The number of aromatic nitrogens is 1. The van der Waals surface area contributed by atoms with Gasteiger partial charge >= 0.3 is 0 Å². The van der Waals surface area contributed by atoms with E-state index in [1.165, 1.54) is 52.1 Å². The molecule has 0 saturated heterocycles. The normalized spacial score (nSPS) is 11.2. The minimum atomic E-state index is -3.71. The number of anilines is 1. The Morgan fingerprint density at radius 1 is 1.03 bits per heavy atom. The molecule has 0 aliphatic carbocycles. The Kier molecular flexibility index (Phi) is 6.94. The molecule has 6 nitrogen and oxygen atoms in total. The van der Waals surface area contributed by atoms with E-state index < -0.39 is 10.0 Å². The Morgan fingerprint density at radius 2 is 1.67 bits per heavy atom. The van der Waals surface area contributed by atoms with E-state index in [9.17, 15) is 13.2 Å². The van der Waals surface area contributed by atoms with Gasteiger partial charge in [-0.3, -0.25) is 10.1 Å². The van der Waals surface area contributed by atoms with Crippen molar-refractivity contribution in [2.75, 3.05) is 18.4 Å². The van der Waals surface area contributed by atoms with Crippen molar-refractivity contribution in [3.8, 4) is 11.3 Å². The third-order valence-corrected chi connectivity index (χ3v) is 6.82. The third-order valence-electron chi connectivity index (χ3n) is 4.21. The smallest absolute Gasteiger partial charge is 0.257 e. The van der Waals surface area contributed by atoms with Crippen LogP contribution in [0, 0.1) is 0 Å². The van der Waals surface area contributed by atoms with Crippen molar-refractivity contribution in [3.05, 3.63) is 90.9 Å². The van der Waals surface area contributed by atoms with Gasteiger partial charge in [-0.1, -0.05) is 42.5 Å². The number of hydrogen-bond donors (Lipinski definition) is 1. The highest BCUT2D eigenvalue weighted by Crippen LogP contribution is 2.25. The van der Waals surface area contributed by atoms with Crippen LogP contribution in [0.5, 0.6) is 0 Å². The van der Waals surface area contributed by atoms with Crippen molar-refractivity contribution in [2.45, 2.75) is 4.90 Å². The molecule has 0 radical (unpaired) electrons. The molecule has 0 unspecified atom stereocenters.